The van der Waals surface area contributed by atoms with Gasteiger partial charge in [0.05, 0.1) is 0 Å². The van der Waals surface area contributed by atoms with E-state index in [1.54, 1.807) is 0 Å². The van der Waals surface area contributed by atoms with Gasteiger partial charge in [0.2, 0.25) is 0 Å². The molecule has 0 saturated carbocycles. The average Bonchev–Trinajstić information content (AvgIpc) is 3.36. The van der Waals surface area contributed by atoms with Gasteiger partial charge in [-0.2, -0.15) is 0 Å². The van der Waals surface area contributed by atoms with E-state index in [-0.39, 0.29) is 31.1 Å². The third kappa shape index (κ3) is 55.8. The highest BCUT2D eigenvalue weighted by Crippen LogP contribution is 2.16. The van der Waals surface area contributed by atoms with Crippen LogP contribution >= 0.6 is 0 Å². The Morgan fingerprint density at radius 3 is 0.943 bits per heavy atom. The van der Waals surface area contributed by atoms with E-state index in [1.807, 2.05) is 0 Å². The minimum absolute atomic E-state index is 0.0801. The van der Waals surface area contributed by atoms with E-state index in [9.17, 15) is 14.4 Å². The van der Waals surface area contributed by atoms with Gasteiger partial charge in [0.15, 0.2) is 6.10 Å². The molecule has 0 fully saturated rings. The maximum absolute atomic E-state index is 12.9. The molecule has 6 heteroatoms. The molecule has 70 heavy (non-hydrogen) atoms. The van der Waals surface area contributed by atoms with Crippen molar-refractivity contribution in [2.75, 3.05) is 13.2 Å². The number of allylic oxidation sites excluding steroid dienone is 12. The molecule has 0 amide bonds. The molecule has 0 rings (SSSR count). The minimum atomic E-state index is -0.782. The quantitative estimate of drug-likeness (QED) is 0.0199. The molecule has 404 valence electrons. The molecule has 0 heterocycles. The van der Waals surface area contributed by atoms with Gasteiger partial charge in [-0.3, -0.25) is 14.4 Å². The molecule has 0 bridgehead atoms. The fourth-order valence-corrected chi connectivity index (χ4v) is 8.46. The van der Waals surface area contributed by atoms with Gasteiger partial charge in [-0.05, 0) is 96.3 Å². The van der Waals surface area contributed by atoms with E-state index >= 15 is 0 Å². The van der Waals surface area contributed by atoms with E-state index in [2.05, 4.69) is 93.7 Å². The molecule has 0 spiro atoms. The minimum Gasteiger partial charge on any atom is -0.462 e. The van der Waals surface area contributed by atoms with E-state index in [0.29, 0.717) is 19.3 Å². The summed E-state index contributed by atoms with van der Waals surface area (Å²) in [6, 6.07) is 0. The summed E-state index contributed by atoms with van der Waals surface area (Å²) in [5.74, 6) is -0.884. The van der Waals surface area contributed by atoms with Gasteiger partial charge in [0, 0.05) is 19.3 Å². The van der Waals surface area contributed by atoms with Gasteiger partial charge in [0.25, 0.3) is 0 Å². The lowest BCUT2D eigenvalue weighted by atomic mass is 10.1. The van der Waals surface area contributed by atoms with Crippen LogP contribution in [0, 0.1) is 0 Å². The van der Waals surface area contributed by atoms with Crippen molar-refractivity contribution in [3.63, 3.8) is 0 Å². The van der Waals surface area contributed by atoms with Crippen LogP contribution in [0.25, 0.3) is 0 Å². The Morgan fingerprint density at radius 1 is 0.314 bits per heavy atom. The summed E-state index contributed by atoms with van der Waals surface area (Å²) in [7, 11) is 0. The Balaban J connectivity index is 4.36. The lowest BCUT2D eigenvalue weighted by molar-refractivity contribution is -0.167. The normalized spacial score (nSPS) is 12.6. The van der Waals surface area contributed by atoms with Crippen molar-refractivity contribution in [2.24, 2.45) is 0 Å². The first-order valence-electron chi connectivity index (χ1n) is 30.0. The van der Waals surface area contributed by atoms with Crippen molar-refractivity contribution in [3.05, 3.63) is 72.9 Å². The zero-order valence-electron chi connectivity index (χ0n) is 46.3. The van der Waals surface area contributed by atoms with Crippen LogP contribution in [-0.4, -0.2) is 37.2 Å². The molecule has 0 aliphatic heterocycles. The Labute approximate surface area is 433 Å². The standard InChI is InChI=1S/C64H112O6/c1-4-7-10-13-16-19-22-25-28-30-32-34-36-39-42-45-48-51-54-57-63(66)69-60-61(59-68-62(65)56-53-50-47-44-41-38-27-24-21-18-15-12-9-6-3)70-64(67)58-55-52-49-46-43-40-37-35-33-31-29-26-23-20-17-14-11-8-5-2/h9,12,16-23,25-26,61H,4-8,10-11,13-15,24,27-60H2,1-3H3/b12-9-,19-16-,20-17-,21-18-,25-22-,26-23-. The predicted octanol–water partition coefficient (Wildman–Crippen LogP) is 20.2. The van der Waals surface area contributed by atoms with E-state index in [4.69, 9.17) is 14.2 Å². The second-order valence-electron chi connectivity index (χ2n) is 19.9. The zero-order valence-corrected chi connectivity index (χ0v) is 46.3. The van der Waals surface area contributed by atoms with Crippen LogP contribution < -0.4 is 0 Å². The maximum Gasteiger partial charge on any atom is 0.306 e. The molecule has 0 aromatic heterocycles. The summed E-state index contributed by atoms with van der Waals surface area (Å²) < 4.78 is 16.9. The Kier molecular flexibility index (Phi) is 55.8. The third-order valence-electron chi connectivity index (χ3n) is 13.0. The van der Waals surface area contributed by atoms with Crippen LogP contribution in [0.2, 0.25) is 0 Å². The largest absolute Gasteiger partial charge is 0.462 e. The molecule has 0 aliphatic rings. The summed E-state index contributed by atoms with van der Waals surface area (Å²) in [6.45, 7) is 6.49. The summed E-state index contributed by atoms with van der Waals surface area (Å²) in [5.41, 5.74) is 0. The van der Waals surface area contributed by atoms with Gasteiger partial charge >= 0.3 is 17.9 Å². The number of carbonyl (C=O) groups excluding carboxylic acids is 3. The van der Waals surface area contributed by atoms with Crippen molar-refractivity contribution in [1.82, 2.24) is 0 Å². The first-order chi connectivity index (χ1) is 34.5. The van der Waals surface area contributed by atoms with Gasteiger partial charge in [-0.1, -0.05) is 254 Å². The average molecular weight is 978 g/mol. The highest BCUT2D eigenvalue weighted by atomic mass is 16.6. The molecule has 1 atom stereocenters. The van der Waals surface area contributed by atoms with Gasteiger partial charge in [0.1, 0.15) is 13.2 Å². The van der Waals surface area contributed by atoms with E-state index < -0.39 is 6.10 Å². The summed E-state index contributed by atoms with van der Waals surface area (Å²) in [5, 5.41) is 0. The van der Waals surface area contributed by atoms with Crippen LogP contribution in [0.3, 0.4) is 0 Å². The number of hydrogen-bond acceptors (Lipinski definition) is 6. The molecule has 0 N–H and O–H groups in total. The van der Waals surface area contributed by atoms with Gasteiger partial charge in [-0.25, -0.2) is 0 Å². The molecule has 1 unspecified atom stereocenters. The third-order valence-corrected chi connectivity index (χ3v) is 13.0. The Bertz CT molecular complexity index is 1310. The molecule has 0 saturated heterocycles. The van der Waals surface area contributed by atoms with Crippen LogP contribution in [0.1, 0.15) is 297 Å². The van der Waals surface area contributed by atoms with Crippen molar-refractivity contribution in [1.29, 1.82) is 0 Å². The summed E-state index contributed by atoms with van der Waals surface area (Å²) >= 11 is 0. The highest BCUT2D eigenvalue weighted by molar-refractivity contribution is 5.71. The molecule has 0 aromatic rings. The number of rotatable bonds is 54. The molecule has 6 nitrogen and oxygen atoms in total. The van der Waals surface area contributed by atoms with Crippen LogP contribution in [0.15, 0.2) is 72.9 Å². The lowest BCUT2D eigenvalue weighted by Gasteiger charge is -2.18. The SMILES string of the molecule is CC/C=C\C/C=C\CCCCCCCCCC(=O)OCC(COC(=O)CCCCCCCCCCCC/C=C\C=C/CCCCC)OC(=O)CCCCCCCCCCCC/C=C\C=C/CCCCC. The zero-order chi connectivity index (χ0) is 50.7. The number of esters is 3. The maximum atomic E-state index is 12.9. The number of hydrogen-bond donors (Lipinski definition) is 0. The molecule has 0 aliphatic carbocycles. The second kappa shape index (κ2) is 58.4. The fraction of sp³-hybridized carbons (Fsp3) is 0.766. The lowest BCUT2D eigenvalue weighted by Crippen LogP contribution is -2.30. The first kappa shape index (κ1) is 66.9. The topological polar surface area (TPSA) is 78.9 Å². The van der Waals surface area contributed by atoms with Crippen LogP contribution in [0.5, 0.6) is 0 Å². The molecular weight excluding hydrogens is 865 g/mol. The fourth-order valence-electron chi connectivity index (χ4n) is 8.46. The smallest absolute Gasteiger partial charge is 0.306 e. The van der Waals surface area contributed by atoms with E-state index in [1.165, 1.54) is 180 Å². The predicted molar refractivity (Wildman–Crippen MR) is 302 cm³/mol. The monoisotopic (exact) mass is 977 g/mol. The molecule has 0 radical (unpaired) electrons. The number of carbonyl (C=O) groups is 3. The summed E-state index contributed by atoms with van der Waals surface area (Å²) in [6.07, 6.45) is 74.6. The van der Waals surface area contributed by atoms with Gasteiger partial charge < -0.3 is 14.2 Å². The first-order valence-corrected chi connectivity index (χ1v) is 30.0. The van der Waals surface area contributed by atoms with E-state index in [0.717, 1.165) is 77.0 Å². The summed E-state index contributed by atoms with van der Waals surface area (Å²) in [4.78, 5) is 38.2. The molecule has 0 aromatic carbocycles. The van der Waals surface area contributed by atoms with Gasteiger partial charge in [-0.15, -0.1) is 0 Å². The van der Waals surface area contributed by atoms with Crippen LogP contribution in [0.4, 0.5) is 0 Å². The van der Waals surface area contributed by atoms with Crippen molar-refractivity contribution in [2.45, 2.75) is 303 Å². The number of unbranched alkanes of at least 4 members (excludes halogenated alkanes) is 33. The van der Waals surface area contributed by atoms with Crippen molar-refractivity contribution >= 4 is 17.9 Å². The number of ether oxygens (including phenoxy) is 3. The van der Waals surface area contributed by atoms with Crippen LogP contribution in [-0.2, 0) is 28.6 Å². The van der Waals surface area contributed by atoms with Crippen molar-refractivity contribution in [3.8, 4) is 0 Å². The second-order valence-corrected chi connectivity index (χ2v) is 19.9. The highest BCUT2D eigenvalue weighted by Gasteiger charge is 2.19. The Morgan fingerprint density at radius 2 is 0.600 bits per heavy atom. The Hall–Kier alpha value is -3.15. The molecular formula is C64H112O6. The van der Waals surface area contributed by atoms with Crippen molar-refractivity contribution < 1.29 is 28.6 Å².